The third-order valence-corrected chi connectivity index (χ3v) is 10.9. The highest BCUT2D eigenvalue weighted by atomic mass is 32.2. The molecular weight excluding hydrogens is 601 g/mol. The number of hydrogen-bond donors (Lipinski definition) is 1. The van der Waals surface area contributed by atoms with Gasteiger partial charge in [0.05, 0.1) is 11.0 Å². The standard InChI is InChI=1S/C41H40N2O3S/c1-5-7-15-27(6-2)24-43-35-22-21-32-40(45)31-19-12-13-20-36(31)47-41(32)37(35)34-23-33(29-17-10-11-18-30(29)39(34)43)38(42-46-26(4)44)28-16-9-8-14-25(28)3/h8-14,16-23,27,40,45H,5-7,15,24H2,1-4H3/b42-38-. The predicted molar refractivity (Wildman–Crippen MR) is 193 cm³/mol. The summed E-state index contributed by atoms with van der Waals surface area (Å²) in [5, 5.41) is 20.6. The van der Waals surface area contributed by atoms with Gasteiger partial charge in [-0.1, -0.05) is 123 Å². The number of aliphatic hydroxyl groups is 1. The van der Waals surface area contributed by atoms with E-state index in [1.165, 1.54) is 37.2 Å². The first-order chi connectivity index (χ1) is 22.9. The highest BCUT2D eigenvalue weighted by Crippen LogP contribution is 2.51. The van der Waals surface area contributed by atoms with Crippen LogP contribution in [0.25, 0.3) is 32.6 Å². The third-order valence-electron chi connectivity index (χ3n) is 9.64. The number of rotatable bonds is 9. The molecule has 1 aromatic heterocycles. The maximum Gasteiger partial charge on any atom is 0.332 e. The molecule has 0 spiro atoms. The first-order valence-electron chi connectivity index (χ1n) is 16.7. The maximum atomic E-state index is 12.1. The van der Waals surface area contributed by atoms with Crippen molar-refractivity contribution < 1.29 is 14.7 Å². The largest absolute Gasteiger partial charge is 0.384 e. The lowest BCUT2D eigenvalue weighted by atomic mass is 9.91. The number of hydrogen-bond acceptors (Lipinski definition) is 5. The number of aromatic nitrogens is 1. The van der Waals surface area contributed by atoms with Crippen molar-refractivity contribution in [1.29, 1.82) is 0 Å². The number of fused-ring (bicyclic) bond motifs is 8. The molecule has 2 atom stereocenters. The smallest absolute Gasteiger partial charge is 0.332 e. The number of benzene rings is 5. The number of aryl methyl sites for hydroxylation is 1. The molecule has 2 heterocycles. The lowest BCUT2D eigenvalue weighted by Gasteiger charge is -2.25. The average Bonchev–Trinajstić information content (AvgIpc) is 3.40. The second-order valence-electron chi connectivity index (χ2n) is 12.7. The number of unbranched alkanes of at least 4 members (excludes halogenated alkanes) is 1. The summed E-state index contributed by atoms with van der Waals surface area (Å²) in [6, 6.07) is 31.3. The van der Waals surface area contributed by atoms with E-state index in [-0.39, 0.29) is 0 Å². The molecule has 47 heavy (non-hydrogen) atoms. The van der Waals surface area contributed by atoms with Crippen molar-refractivity contribution in [1.82, 2.24) is 4.57 Å². The molecule has 0 radical (unpaired) electrons. The molecule has 0 bridgehead atoms. The molecule has 0 saturated carbocycles. The Kier molecular flexibility index (Phi) is 8.65. The van der Waals surface area contributed by atoms with Gasteiger partial charge in [-0.25, -0.2) is 4.79 Å². The van der Waals surface area contributed by atoms with Gasteiger partial charge in [-0.05, 0) is 59.5 Å². The number of aliphatic hydroxyl groups excluding tert-OH is 1. The summed E-state index contributed by atoms with van der Waals surface area (Å²) >= 11 is 1.74. The maximum absolute atomic E-state index is 12.1. The van der Waals surface area contributed by atoms with Crippen molar-refractivity contribution >= 4 is 56.0 Å². The molecule has 1 aliphatic heterocycles. The van der Waals surface area contributed by atoms with Gasteiger partial charge in [0.25, 0.3) is 0 Å². The van der Waals surface area contributed by atoms with Crippen LogP contribution in [0.4, 0.5) is 0 Å². The highest BCUT2D eigenvalue weighted by molar-refractivity contribution is 7.99. The molecule has 1 aliphatic rings. The molecular formula is C41H40N2O3S. The molecule has 6 aromatic rings. The molecule has 2 unspecified atom stereocenters. The monoisotopic (exact) mass is 640 g/mol. The first-order valence-corrected chi connectivity index (χ1v) is 17.5. The summed E-state index contributed by atoms with van der Waals surface area (Å²) in [6.07, 6.45) is 3.98. The summed E-state index contributed by atoms with van der Waals surface area (Å²) in [5.74, 6) is 0.0733. The van der Waals surface area contributed by atoms with E-state index in [2.05, 4.69) is 85.1 Å². The zero-order valence-corrected chi connectivity index (χ0v) is 28.2. The summed E-state index contributed by atoms with van der Waals surface area (Å²) in [5.41, 5.74) is 7.71. The predicted octanol–water partition coefficient (Wildman–Crippen LogP) is 10.3. The topological polar surface area (TPSA) is 63.8 Å². The Morgan fingerprint density at radius 3 is 2.43 bits per heavy atom. The minimum atomic E-state index is -0.703. The Hall–Kier alpha value is -4.39. The Balaban J connectivity index is 1.59. The van der Waals surface area contributed by atoms with Gasteiger partial charge in [-0.15, -0.1) is 0 Å². The molecule has 0 saturated heterocycles. The van der Waals surface area contributed by atoms with Crippen LogP contribution in [-0.4, -0.2) is 21.4 Å². The summed E-state index contributed by atoms with van der Waals surface area (Å²) in [6.45, 7) is 8.91. The van der Waals surface area contributed by atoms with E-state index in [1.54, 1.807) is 11.8 Å². The van der Waals surface area contributed by atoms with Gasteiger partial charge in [0.2, 0.25) is 0 Å². The van der Waals surface area contributed by atoms with Crippen LogP contribution in [0.2, 0.25) is 0 Å². The van der Waals surface area contributed by atoms with Crippen LogP contribution in [0.1, 0.15) is 80.4 Å². The molecule has 1 N–H and O–H groups in total. The minimum absolute atomic E-state index is 0.464. The van der Waals surface area contributed by atoms with Crippen LogP contribution in [0, 0.1) is 12.8 Å². The van der Waals surface area contributed by atoms with Crippen molar-refractivity contribution in [2.45, 2.75) is 75.8 Å². The van der Waals surface area contributed by atoms with Crippen molar-refractivity contribution in [3.8, 4) is 0 Å². The Morgan fingerprint density at radius 1 is 0.915 bits per heavy atom. The lowest BCUT2D eigenvalue weighted by Crippen LogP contribution is -2.11. The molecule has 0 fully saturated rings. The zero-order chi connectivity index (χ0) is 32.7. The van der Waals surface area contributed by atoms with E-state index in [9.17, 15) is 9.90 Å². The Bertz CT molecular complexity index is 2180. The van der Waals surface area contributed by atoms with E-state index < -0.39 is 12.1 Å². The van der Waals surface area contributed by atoms with Crippen LogP contribution in [-0.2, 0) is 16.2 Å². The van der Waals surface area contributed by atoms with Crippen molar-refractivity contribution in [2.24, 2.45) is 11.1 Å². The van der Waals surface area contributed by atoms with Crippen molar-refractivity contribution in [2.75, 3.05) is 0 Å². The van der Waals surface area contributed by atoms with E-state index >= 15 is 0 Å². The quantitative estimate of drug-likeness (QED) is 0.0970. The van der Waals surface area contributed by atoms with Crippen LogP contribution in [0.15, 0.2) is 106 Å². The fourth-order valence-corrected chi connectivity index (χ4v) is 8.47. The highest BCUT2D eigenvalue weighted by Gasteiger charge is 2.30. The molecule has 7 rings (SSSR count). The second-order valence-corrected chi connectivity index (χ2v) is 13.7. The fraction of sp³-hybridized carbons (Fsp3) is 0.268. The average molecular weight is 641 g/mol. The SMILES string of the molecule is CCCCC(CC)Cn1c2ccc3c(c2c2cc(/C(=N\OC(C)=O)c4ccccc4C)c4ccccc4c21)Sc1ccccc1C3O. The summed E-state index contributed by atoms with van der Waals surface area (Å²) in [7, 11) is 0. The molecule has 5 nitrogen and oxygen atoms in total. The van der Waals surface area contributed by atoms with Crippen LogP contribution < -0.4 is 0 Å². The van der Waals surface area contributed by atoms with E-state index in [4.69, 9.17) is 4.84 Å². The molecule has 0 aliphatic carbocycles. The van der Waals surface area contributed by atoms with Gasteiger partial charge in [-0.3, -0.25) is 0 Å². The van der Waals surface area contributed by atoms with Gasteiger partial charge in [0.1, 0.15) is 11.8 Å². The fourth-order valence-electron chi connectivity index (χ4n) is 7.19. The van der Waals surface area contributed by atoms with E-state index in [0.29, 0.717) is 11.6 Å². The van der Waals surface area contributed by atoms with Crippen molar-refractivity contribution in [3.63, 3.8) is 0 Å². The van der Waals surface area contributed by atoms with Gasteiger partial charge >= 0.3 is 5.97 Å². The van der Waals surface area contributed by atoms with Gasteiger partial charge in [0.15, 0.2) is 0 Å². The summed E-state index contributed by atoms with van der Waals surface area (Å²) in [4.78, 5) is 19.6. The van der Waals surface area contributed by atoms with Gasteiger partial charge in [0, 0.05) is 50.5 Å². The van der Waals surface area contributed by atoms with Gasteiger partial charge in [-0.2, -0.15) is 0 Å². The van der Waals surface area contributed by atoms with E-state index in [1.807, 2.05) is 36.4 Å². The molecule has 238 valence electrons. The molecule has 5 aromatic carbocycles. The number of nitrogens with zero attached hydrogens (tertiary/aromatic N) is 2. The molecule has 6 heteroatoms. The van der Waals surface area contributed by atoms with Crippen LogP contribution in [0.3, 0.4) is 0 Å². The first kappa shape index (κ1) is 31.2. The number of oxime groups is 1. The summed E-state index contributed by atoms with van der Waals surface area (Å²) < 4.78 is 2.53. The minimum Gasteiger partial charge on any atom is -0.384 e. The van der Waals surface area contributed by atoms with Crippen LogP contribution >= 0.6 is 11.8 Å². The second kappa shape index (κ2) is 13.0. The van der Waals surface area contributed by atoms with Crippen molar-refractivity contribution in [3.05, 3.63) is 119 Å². The Labute approximate surface area is 280 Å². The third kappa shape index (κ3) is 5.53. The van der Waals surface area contributed by atoms with Gasteiger partial charge < -0.3 is 14.5 Å². The number of carbonyl (C=O) groups excluding carboxylic acids is 1. The zero-order valence-electron chi connectivity index (χ0n) is 27.4. The van der Waals surface area contributed by atoms with E-state index in [0.717, 1.165) is 72.1 Å². The van der Waals surface area contributed by atoms with Crippen LogP contribution in [0.5, 0.6) is 0 Å². The Morgan fingerprint density at radius 2 is 1.66 bits per heavy atom. The molecule has 0 amide bonds. The number of carbonyl (C=O) groups is 1. The normalized spacial score (nSPS) is 15.2. The lowest BCUT2D eigenvalue weighted by molar-refractivity contribution is -0.140.